The Bertz CT molecular complexity index is 411. The fraction of sp³-hybridized carbons (Fsp3) is 0.444. The van der Waals surface area contributed by atoms with Crippen LogP contribution in [0.25, 0.3) is 0 Å². The summed E-state index contributed by atoms with van der Waals surface area (Å²) in [6.45, 7) is 0.728. The average molecular weight is 227 g/mol. The van der Waals surface area contributed by atoms with Gasteiger partial charge in [0.2, 0.25) is 0 Å². The van der Waals surface area contributed by atoms with Gasteiger partial charge in [-0.15, -0.1) is 0 Å². The van der Waals surface area contributed by atoms with Crippen molar-refractivity contribution in [2.45, 2.75) is 12.5 Å². The first-order valence-corrected chi connectivity index (χ1v) is 4.56. The van der Waals surface area contributed by atoms with Crippen LogP contribution in [0.4, 0.5) is 0 Å². The van der Waals surface area contributed by atoms with Crippen molar-refractivity contribution in [2.24, 2.45) is 7.05 Å². The van der Waals surface area contributed by atoms with E-state index in [0.29, 0.717) is 0 Å². The lowest BCUT2D eigenvalue weighted by Gasteiger charge is -2.17. The molecule has 0 aliphatic heterocycles. The second kappa shape index (κ2) is 4.31. The largest absolute Gasteiger partial charge is 0.479 e. The Morgan fingerprint density at radius 3 is 2.69 bits per heavy atom. The van der Waals surface area contributed by atoms with Crippen molar-refractivity contribution in [1.29, 1.82) is 0 Å². The summed E-state index contributed by atoms with van der Waals surface area (Å²) in [5.41, 5.74) is -1.81. The summed E-state index contributed by atoms with van der Waals surface area (Å²) >= 11 is 0. The minimum Gasteiger partial charge on any atom is -0.479 e. The van der Waals surface area contributed by atoms with Crippen LogP contribution in [0.3, 0.4) is 0 Å². The van der Waals surface area contributed by atoms with Gasteiger partial charge in [-0.2, -0.15) is 5.10 Å². The number of rotatable bonds is 4. The summed E-state index contributed by atoms with van der Waals surface area (Å²) in [6.07, 6.45) is 1.59. The Morgan fingerprint density at radius 2 is 2.25 bits per heavy atom. The van der Waals surface area contributed by atoms with Crippen molar-refractivity contribution >= 4 is 11.9 Å². The summed E-state index contributed by atoms with van der Waals surface area (Å²) < 4.78 is 1.45. The molecule has 1 aromatic rings. The Kier molecular flexibility index (Phi) is 3.28. The third kappa shape index (κ3) is 2.80. The van der Waals surface area contributed by atoms with Crippen molar-refractivity contribution in [2.75, 3.05) is 6.54 Å². The van der Waals surface area contributed by atoms with Crippen LogP contribution in [0.2, 0.25) is 0 Å². The molecule has 7 heteroatoms. The fourth-order valence-electron chi connectivity index (χ4n) is 0.955. The zero-order chi connectivity index (χ0) is 12.3. The van der Waals surface area contributed by atoms with Gasteiger partial charge < -0.3 is 15.5 Å². The van der Waals surface area contributed by atoms with Crippen LogP contribution in [0.5, 0.6) is 0 Å². The highest BCUT2D eigenvalue weighted by Gasteiger charge is 2.30. The predicted molar refractivity (Wildman–Crippen MR) is 53.8 cm³/mol. The van der Waals surface area contributed by atoms with Crippen LogP contribution in [-0.4, -0.2) is 44.0 Å². The van der Waals surface area contributed by atoms with E-state index in [-0.39, 0.29) is 12.2 Å². The van der Waals surface area contributed by atoms with Crippen LogP contribution in [0.15, 0.2) is 12.3 Å². The van der Waals surface area contributed by atoms with E-state index in [1.54, 1.807) is 13.2 Å². The van der Waals surface area contributed by atoms with Crippen molar-refractivity contribution < 1.29 is 19.8 Å². The number of aryl methyl sites for hydroxylation is 1. The Hall–Kier alpha value is -1.89. The second-order valence-corrected chi connectivity index (χ2v) is 3.64. The normalized spacial score (nSPS) is 14.2. The molecule has 1 aromatic heterocycles. The molecule has 88 valence electrons. The van der Waals surface area contributed by atoms with Crippen LogP contribution in [-0.2, 0) is 11.8 Å². The summed E-state index contributed by atoms with van der Waals surface area (Å²) in [6, 6.07) is 1.49. The van der Waals surface area contributed by atoms with Crippen molar-refractivity contribution in [3.8, 4) is 0 Å². The van der Waals surface area contributed by atoms with Crippen LogP contribution in [0, 0.1) is 0 Å². The van der Waals surface area contributed by atoms with E-state index in [9.17, 15) is 14.7 Å². The van der Waals surface area contributed by atoms with Gasteiger partial charge in [0.25, 0.3) is 5.91 Å². The molecule has 0 fully saturated rings. The van der Waals surface area contributed by atoms with Crippen LogP contribution >= 0.6 is 0 Å². The van der Waals surface area contributed by atoms with Crippen LogP contribution in [0.1, 0.15) is 17.4 Å². The molecule has 1 heterocycles. The van der Waals surface area contributed by atoms with E-state index >= 15 is 0 Å². The maximum atomic E-state index is 11.4. The van der Waals surface area contributed by atoms with Gasteiger partial charge in [0, 0.05) is 13.2 Å². The van der Waals surface area contributed by atoms with Gasteiger partial charge >= 0.3 is 5.97 Å². The molecule has 7 nitrogen and oxygen atoms in total. The molecule has 0 radical (unpaired) electrons. The summed E-state index contributed by atoms with van der Waals surface area (Å²) in [7, 11) is 1.66. The minimum absolute atomic E-state index is 0.170. The number of hydrogen-bond acceptors (Lipinski definition) is 4. The first-order valence-electron chi connectivity index (χ1n) is 4.56. The zero-order valence-electron chi connectivity index (χ0n) is 8.97. The first-order chi connectivity index (χ1) is 7.33. The molecule has 0 aromatic carbocycles. The van der Waals surface area contributed by atoms with Crippen LogP contribution < -0.4 is 5.32 Å². The third-order valence-corrected chi connectivity index (χ3v) is 2.00. The summed E-state index contributed by atoms with van der Waals surface area (Å²) in [5.74, 6) is -1.92. The molecule has 1 rings (SSSR count). The molecule has 0 aliphatic rings. The first kappa shape index (κ1) is 12.2. The van der Waals surface area contributed by atoms with E-state index in [1.165, 1.54) is 10.7 Å². The lowest BCUT2D eigenvalue weighted by Crippen LogP contribution is -2.46. The van der Waals surface area contributed by atoms with E-state index < -0.39 is 17.5 Å². The molecule has 0 aliphatic carbocycles. The Morgan fingerprint density at radius 1 is 1.62 bits per heavy atom. The Labute approximate surface area is 91.7 Å². The zero-order valence-corrected chi connectivity index (χ0v) is 8.97. The van der Waals surface area contributed by atoms with E-state index in [2.05, 4.69) is 10.4 Å². The molecule has 0 spiro atoms. The highest BCUT2D eigenvalue weighted by Crippen LogP contribution is 2.02. The lowest BCUT2D eigenvalue weighted by molar-refractivity contribution is -0.155. The SMILES string of the molecule is Cn1ccc(C(=O)NCC(C)(O)C(=O)O)n1. The molecule has 0 bridgehead atoms. The number of carbonyl (C=O) groups excluding carboxylic acids is 1. The molecule has 0 saturated heterocycles. The number of aliphatic hydroxyl groups is 1. The van der Waals surface area contributed by atoms with Gasteiger partial charge in [-0.25, -0.2) is 4.79 Å². The average Bonchev–Trinajstić information content (AvgIpc) is 2.61. The Balaban J connectivity index is 2.57. The number of carbonyl (C=O) groups is 2. The van der Waals surface area contributed by atoms with Gasteiger partial charge in [0.1, 0.15) is 5.69 Å². The number of carboxylic acid groups (broad SMARTS) is 1. The quantitative estimate of drug-likeness (QED) is 0.611. The van der Waals surface area contributed by atoms with E-state index in [0.717, 1.165) is 6.92 Å². The molecule has 1 amide bonds. The van der Waals surface area contributed by atoms with E-state index in [4.69, 9.17) is 5.11 Å². The molecule has 3 N–H and O–H groups in total. The second-order valence-electron chi connectivity index (χ2n) is 3.64. The van der Waals surface area contributed by atoms with Crippen molar-refractivity contribution in [3.63, 3.8) is 0 Å². The fourth-order valence-corrected chi connectivity index (χ4v) is 0.955. The van der Waals surface area contributed by atoms with Gasteiger partial charge in [-0.05, 0) is 13.0 Å². The predicted octanol–water partition coefficient (Wildman–Crippen LogP) is -1.01. The van der Waals surface area contributed by atoms with Gasteiger partial charge in [0.15, 0.2) is 5.60 Å². The van der Waals surface area contributed by atoms with Crippen molar-refractivity contribution in [1.82, 2.24) is 15.1 Å². The van der Waals surface area contributed by atoms with Crippen molar-refractivity contribution in [3.05, 3.63) is 18.0 Å². The van der Waals surface area contributed by atoms with E-state index in [1.807, 2.05) is 0 Å². The molecule has 1 unspecified atom stereocenters. The number of carboxylic acids is 1. The minimum atomic E-state index is -1.98. The highest BCUT2D eigenvalue weighted by molar-refractivity contribution is 5.92. The van der Waals surface area contributed by atoms with Gasteiger partial charge in [-0.3, -0.25) is 9.48 Å². The number of hydrogen-bond donors (Lipinski definition) is 3. The standard InChI is InChI=1S/C9H13N3O4/c1-9(16,8(14)15)5-10-7(13)6-3-4-12(2)11-6/h3-4,16H,5H2,1-2H3,(H,10,13)(H,14,15). The highest BCUT2D eigenvalue weighted by atomic mass is 16.4. The number of amides is 1. The molecule has 0 saturated carbocycles. The number of aromatic nitrogens is 2. The molecule has 1 atom stereocenters. The monoisotopic (exact) mass is 227 g/mol. The third-order valence-electron chi connectivity index (χ3n) is 2.00. The lowest BCUT2D eigenvalue weighted by atomic mass is 10.1. The number of aliphatic carboxylic acids is 1. The van der Waals surface area contributed by atoms with Gasteiger partial charge in [-0.1, -0.05) is 0 Å². The van der Waals surface area contributed by atoms with Gasteiger partial charge in [0.05, 0.1) is 6.54 Å². The molecular weight excluding hydrogens is 214 g/mol. The summed E-state index contributed by atoms with van der Waals surface area (Å²) in [4.78, 5) is 22.0. The molecule has 16 heavy (non-hydrogen) atoms. The topological polar surface area (TPSA) is 104 Å². The maximum absolute atomic E-state index is 11.4. The smallest absolute Gasteiger partial charge is 0.337 e. The number of nitrogens with one attached hydrogen (secondary N) is 1. The maximum Gasteiger partial charge on any atom is 0.337 e. The number of nitrogens with zero attached hydrogens (tertiary/aromatic N) is 2. The summed E-state index contributed by atoms with van der Waals surface area (Å²) in [5, 5.41) is 24.1. The molecular formula is C9H13N3O4.